The molecule has 3 heteroatoms. The standard InChI is InChI=1S/C10H11NO2/c11-5-8-7-3-1-2-4-9(7)13-10(8)6-12/h1-4,12H,5-6,11H2. The van der Waals surface area contributed by atoms with E-state index in [2.05, 4.69) is 0 Å². The molecule has 13 heavy (non-hydrogen) atoms. The molecule has 3 N–H and O–H groups in total. The molecule has 3 nitrogen and oxygen atoms in total. The third kappa shape index (κ3) is 1.22. The Morgan fingerprint density at radius 3 is 2.77 bits per heavy atom. The zero-order valence-corrected chi connectivity index (χ0v) is 7.16. The van der Waals surface area contributed by atoms with Crippen molar-refractivity contribution in [3.8, 4) is 0 Å². The van der Waals surface area contributed by atoms with E-state index in [1.807, 2.05) is 24.3 Å². The molecule has 2 rings (SSSR count). The van der Waals surface area contributed by atoms with Crippen molar-refractivity contribution in [2.45, 2.75) is 13.2 Å². The number of nitrogens with two attached hydrogens (primary N) is 1. The zero-order chi connectivity index (χ0) is 9.26. The highest BCUT2D eigenvalue weighted by molar-refractivity contribution is 5.82. The molecule has 68 valence electrons. The van der Waals surface area contributed by atoms with E-state index >= 15 is 0 Å². The van der Waals surface area contributed by atoms with Gasteiger partial charge in [-0.1, -0.05) is 18.2 Å². The predicted molar refractivity (Wildman–Crippen MR) is 50.0 cm³/mol. The highest BCUT2D eigenvalue weighted by Crippen LogP contribution is 2.25. The van der Waals surface area contributed by atoms with Crippen LogP contribution in [0.15, 0.2) is 28.7 Å². The summed E-state index contributed by atoms with van der Waals surface area (Å²) in [6.45, 7) is 0.300. The normalized spacial score (nSPS) is 10.9. The number of fused-ring (bicyclic) bond motifs is 1. The van der Waals surface area contributed by atoms with Crippen molar-refractivity contribution >= 4 is 11.0 Å². The van der Waals surface area contributed by atoms with Crippen molar-refractivity contribution in [2.24, 2.45) is 5.73 Å². The molecule has 1 heterocycles. The first-order valence-electron chi connectivity index (χ1n) is 4.17. The van der Waals surface area contributed by atoms with Crippen molar-refractivity contribution in [3.05, 3.63) is 35.6 Å². The van der Waals surface area contributed by atoms with Gasteiger partial charge in [-0.15, -0.1) is 0 Å². The fraction of sp³-hybridized carbons (Fsp3) is 0.200. The Bertz CT molecular complexity index is 420. The van der Waals surface area contributed by atoms with Gasteiger partial charge in [-0.05, 0) is 6.07 Å². The average Bonchev–Trinajstić information content (AvgIpc) is 2.55. The van der Waals surface area contributed by atoms with Crippen LogP contribution in [-0.2, 0) is 13.2 Å². The summed E-state index contributed by atoms with van der Waals surface area (Å²) in [5.41, 5.74) is 7.25. The summed E-state index contributed by atoms with van der Waals surface area (Å²) in [4.78, 5) is 0. The van der Waals surface area contributed by atoms with Gasteiger partial charge in [0.15, 0.2) is 0 Å². The Hall–Kier alpha value is -1.32. The number of rotatable bonds is 2. The van der Waals surface area contributed by atoms with Crippen molar-refractivity contribution in [2.75, 3.05) is 0 Å². The number of para-hydroxylation sites is 1. The summed E-state index contributed by atoms with van der Waals surface area (Å²) < 4.78 is 5.41. The maximum Gasteiger partial charge on any atom is 0.135 e. The fourth-order valence-electron chi connectivity index (χ4n) is 1.50. The lowest BCUT2D eigenvalue weighted by Gasteiger charge is -1.93. The van der Waals surface area contributed by atoms with Gasteiger partial charge in [0.1, 0.15) is 18.0 Å². The van der Waals surface area contributed by atoms with Gasteiger partial charge in [-0.25, -0.2) is 0 Å². The van der Waals surface area contributed by atoms with Crippen LogP contribution in [0.2, 0.25) is 0 Å². The van der Waals surface area contributed by atoms with Gasteiger partial charge in [0.25, 0.3) is 0 Å². The third-order valence-electron chi connectivity index (χ3n) is 2.13. The highest BCUT2D eigenvalue weighted by atomic mass is 16.4. The lowest BCUT2D eigenvalue weighted by Crippen LogP contribution is -1.98. The van der Waals surface area contributed by atoms with E-state index in [0.29, 0.717) is 12.3 Å². The molecule has 1 aromatic heterocycles. The topological polar surface area (TPSA) is 59.4 Å². The van der Waals surface area contributed by atoms with Gasteiger partial charge < -0.3 is 15.3 Å². The molecule has 0 aliphatic heterocycles. The van der Waals surface area contributed by atoms with Crippen molar-refractivity contribution in [3.63, 3.8) is 0 Å². The first-order chi connectivity index (χ1) is 6.36. The van der Waals surface area contributed by atoms with Gasteiger partial charge in [0.05, 0.1) is 0 Å². The molecule has 0 bridgehead atoms. The molecule has 2 aromatic rings. The van der Waals surface area contributed by atoms with Gasteiger partial charge >= 0.3 is 0 Å². The summed E-state index contributed by atoms with van der Waals surface area (Å²) >= 11 is 0. The second kappa shape index (κ2) is 3.20. The smallest absolute Gasteiger partial charge is 0.135 e. The largest absolute Gasteiger partial charge is 0.458 e. The Labute approximate surface area is 75.8 Å². The first kappa shape index (κ1) is 8.29. The van der Waals surface area contributed by atoms with Crippen LogP contribution in [0.1, 0.15) is 11.3 Å². The molecule has 0 amide bonds. The minimum Gasteiger partial charge on any atom is -0.458 e. The van der Waals surface area contributed by atoms with Crippen molar-refractivity contribution in [1.29, 1.82) is 0 Å². The van der Waals surface area contributed by atoms with E-state index in [1.165, 1.54) is 0 Å². The molecule has 1 aromatic carbocycles. The molecule has 0 saturated heterocycles. The van der Waals surface area contributed by atoms with Crippen LogP contribution in [-0.4, -0.2) is 5.11 Å². The molecule has 0 spiro atoms. The summed E-state index contributed by atoms with van der Waals surface area (Å²) in [5.74, 6) is 0.573. The van der Waals surface area contributed by atoms with E-state index in [1.54, 1.807) is 0 Å². The van der Waals surface area contributed by atoms with Gasteiger partial charge in [-0.3, -0.25) is 0 Å². The summed E-state index contributed by atoms with van der Waals surface area (Å²) in [6.07, 6.45) is 0. The molecule has 0 aliphatic carbocycles. The molecular weight excluding hydrogens is 166 g/mol. The zero-order valence-electron chi connectivity index (χ0n) is 7.16. The maximum absolute atomic E-state index is 9.00. The van der Waals surface area contributed by atoms with E-state index in [9.17, 15) is 0 Å². The van der Waals surface area contributed by atoms with Gasteiger partial charge in [0, 0.05) is 17.5 Å². The minimum atomic E-state index is -0.0960. The van der Waals surface area contributed by atoms with Crippen LogP contribution in [0.3, 0.4) is 0 Å². The van der Waals surface area contributed by atoms with Crippen LogP contribution >= 0.6 is 0 Å². The summed E-state index contributed by atoms with van der Waals surface area (Å²) in [6, 6.07) is 7.64. The lowest BCUT2D eigenvalue weighted by atomic mass is 10.1. The van der Waals surface area contributed by atoms with Gasteiger partial charge in [0.2, 0.25) is 0 Å². The third-order valence-corrected chi connectivity index (χ3v) is 2.13. The molecule has 0 radical (unpaired) electrons. The van der Waals surface area contributed by atoms with E-state index < -0.39 is 0 Å². The van der Waals surface area contributed by atoms with Crippen LogP contribution in [0.5, 0.6) is 0 Å². The SMILES string of the molecule is NCc1c(CO)oc2ccccc12. The van der Waals surface area contributed by atoms with E-state index in [-0.39, 0.29) is 6.61 Å². The lowest BCUT2D eigenvalue weighted by molar-refractivity contribution is 0.249. The van der Waals surface area contributed by atoms with E-state index in [4.69, 9.17) is 15.3 Å². The molecule has 0 saturated carbocycles. The second-order valence-corrected chi connectivity index (χ2v) is 2.86. The minimum absolute atomic E-state index is 0.0960. The van der Waals surface area contributed by atoms with Crippen LogP contribution in [0.25, 0.3) is 11.0 Å². The van der Waals surface area contributed by atoms with Crippen molar-refractivity contribution < 1.29 is 9.52 Å². The second-order valence-electron chi connectivity index (χ2n) is 2.86. The summed E-state index contributed by atoms with van der Waals surface area (Å²) in [5, 5.41) is 10.00. The maximum atomic E-state index is 9.00. The quantitative estimate of drug-likeness (QED) is 0.728. The molecule has 0 fully saturated rings. The summed E-state index contributed by atoms with van der Waals surface area (Å²) in [7, 11) is 0. The Morgan fingerprint density at radius 1 is 1.31 bits per heavy atom. The van der Waals surface area contributed by atoms with Crippen LogP contribution in [0, 0.1) is 0 Å². The first-order valence-corrected chi connectivity index (χ1v) is 4.17. The number of hydrogen-bond donors (Lipinski definition) is 2. The number of aliphatic hydroxyl groups is 1. The monoisotopic (exact) mass is 177 g/mol. The van der Waals surface area contributed by atoms with Crippen LogP contribution < -0.4 is 5.73 Å². The molecular formula is C10H11NO2. The highest BCUT2D eigenvalue weighted by Gasteiger charge is 2.10. The number of aliphatic hydroxyl groups excluding tert-OH is 1. The fourth-order valence-corrected chi connectivity index (χ4v) is 1.50. The number of hydrogen-bond acceptors (Lipinski definition) is 3. The van der Waals surface area contributed by atoms with Crippen LogP contribution in [0.4, 0.5) is 0 Å². The predicted octanol–water partition coefficient (Wildman–Crippen LogP) is 1.38. The number of benzene rings is 1. The molecule has 0 atom stereocenters. The number of furan rings is 1. The van der Waals surface area contributed by atoms with Crippen molar-refractivity contribution in [1.82, 2.24) is 0 Å². The molecule has 0 unspecified atom stereocenters. The van der Waals surface area contributed by atoms with E-state index in [0.717, 1.165) is 16.5 Å². The Morgan fingerprint density at radius 2 is 2.08 bits per heavy atom. The Balaban J connectivity index is 2.73. The average molecular weight is 177 g/mol. The Kier molecular flexibility index (Phi) is 2.04. The van der Waals surface area contributed by atoms with Gasteiger partial charge in [-0.2, -0.15) is 0 Å². The molecule has 0 aliphatic rings.